The molecule has 1 rings (SSSR count). The largest absolute Gasteiger partial charge is 0.544 e. The normalized spacial score (nSPS) is 14.8. The van der Waals surface area contributed by atoms with Gasteiger partial charge in [0.05, 0.1) is 12.7 Å². The molecule has 0 aliphatic rings. The summed E-state index contributed by atoms with van der Waals surface area (Å²) in [4.78, 5) is 0. The Balaban J connectivity index is 3.26. The van der Waals surface area contributed by atoms with Crippen LogP contribution < -0.4 is 9.74 Å². The van der Waals surface area contributed by atoms with Gasteiger partial charge in [0, 0.05) is 17.6 Å². The molecule has 0 heterocycles. The van der Waals surface area contributed by atoms with Crippen molar-refractivity contribution in [1.82, 2.24) is 5.32 Å². The van der Waals surface area contributed by atoms with Crippen molar-refractivity contribution in [2.75, 3.05) is 6.54 Å². The average Bonchev–Trinajstić information content (AvgIpc) is 2.46. The highest BCUT2D eigenvalue weighted by Crippen LogP contribution is 2.30. The van der Waals surface area contributed by atoms with Crippen LogP contribution in [0.1, 0.15) is 38.0 Å². The number of nitrogens with one attached hydrogen (secondary N) is 1. The highest BCUT2D eigenvalue weighted by Gasteiger charge is 2.26. The van der Waals surface area contributed by atoms with E-state index in [0.29, 0.717) is 6.61 Å². The minimum absolute atomic E-state index is 0.0208. The topological polar surface area (TPSA) is 39.7 Å². The highest BCUT2D eigenvalue weighted by molar-refractivity contribution is 6.70. The van der Waals surface area contributed by atoms with Crippen LogP contribution in [0.25, 0.3) is 0 Å². The smallest absolute Gasteiger partial charge is 0.242 e. The third-order valence-electron chi connectivity index (χ3n) is 3.85. The summed E-state index contributed by atoms with van der Waals surface area (Å²) in [7, 11) is -5.04. The third kappa shape index (κ3) is 12.1. The van der Waals surface area contributed by atoms with Gasteiger partial charge in [-0.3, -0.25) is 0 Å². The Morgan fingerprint density at radius 1 is 0.862 bits per heavy atom. The highest BCUT2D eigenvalue weighted by atomic mass is 28.4. The van der Waals surface area contributed by atoms with E-state index in [1.54, 1.807) is 0 Å². The molecule has 4 nitrogen and oxygen atoms in total. The summed E-state index contributed by atoms with van der Waals surface area (Å²) >= 11 is 0. The van der Waals surface area contributed by atoms with Gasteiger partial charge in [0.1, 0.15) is 5.75 Å². The van der Waals surface area contributed by atoms with Gasteiger partial charge in [0.25, 0.3) is 0 Å². The lowest BCUT2D eigenvalue weighted by Crippen LogP contribution is -2.41. The molecule has 0 saturated carbocycles. The number of benzene rings is 1. The van der Waals surface area contributed by atoms with E-state index < -0.39 is 25.0 Å². The Bertz CT molecular complexity index is 653. The van der Waals surface area contributed by atoms with Gasteiger partial charge < -0.3 is 18.6 Å². The lowest BCUT2D eigenvalue weighted by atomic mass is 10.0. The molecule has 0 radical (unpaired) electrons. The van der Waals surface area contributed by atoms with Crippen LogP contribution in [-0.4, -0.2) is 37.0 Å². The second-order valence-electron chi connectivity index (χ2n) is 11.8. The maximum Gasteiger partial charge on any atom is 0.242 e. The van der Waals surface area contributed by atoms with Crippen molar-refractivity contribution in [3.8, 4) is 5.75 Å². The molecule has 0 aromatic heterocycles. The predicted molar refractivity (Wildman–Crippen MR) is 133 cm³/mol. The van der Waals surface area contributed by atoms with E-state index in [1.165, 1.54) is 5.56 Å². The summed E-state index contributed by atoms with van der Waals surface area (Å²) in [5.74, 6) is 0.960. The van der Waals surface area contributed by atoms with Gasteiger partial charge in [-0.25, -0.2) is 0 Å². The molecular formula is C22H45NO3Si3. The fourth-order valence-corrected chi connectivity index (χ4v) is 5.21. The lowest BCUT2D eigenvalue weighted by molar-refractivity contribution is 0.181. The van der Waals surface area contributed by atoms with Gasteiger partial charge in [-0.1, -0.05) is 6.07 Å². The summed E-state index contributed by atoms with van der Waals surface area (Å²) in [5.41, 5.74) is 2.37. The molecule has 1 aromatic rings. The van der Waals surface area contributed by atoms with Crippen LogP contribution in [0.4, 0.5) is 0 Å². The van der Waals surface area contributed by atoms with Crippen molar-refractivity contribution in [2.45, 2.75) is 97.9 Å². The molecule has 0 aliphatic carbocycles. The second kappa shape index (κ2) is 9.79. The van der Waals surface area contributed by atoms with Crippen LogP contribution in [0.2, 0.25) is 58.9 Å². The van der Waals surface area contributed by atoms with Crippen molar-refractivity contribution in [3.05, 3.63) is 29.3 Å². The van der Waals surface area contributed by atoms with Crippen LogP contribution in [0.15, 0.2) is 18.2 Å². The van der Waals surface area contributed by atoms with Crippen LogP contribution in [0.3, 0.4) is 0 Å². The molecule has 168 valence electrons. The van der Waals surface area contributed by atoms with E-state index in [-0.39, 0.29) is 11.6 Å². The summed E-state index contributed by atoms with van der Waals surface area (Å²) in [6.45, 7) is 28.0. The van der Waals surface area contributed by atoms with Crippen molar-refractivity contribution < 1.29 is 13.3 Å². The van der Waals surface area contributed by atoms with E-state index in [0.717, 1.165) is 17.9 Å². The molecule has 7 heteroatoms. The molecule has 1 N–H and O–H groups in total. The van der Waals surface area contributed by atoms with Gasteiger partial charge in [0.2, 0.25) is 8.32 Å². The molecule has 0 amide bonds. The molecule has 0 spiro atoms. The summed E-state index contributed by atoms with van der Waals surface area (Å²) in [6.07, 6.45) is 0.0208. The first-order valence-corrected chi connectivity index (χ1v) is 21.0. The van der Waals surface area contributed by atoms with E-state index >= 15 is 0 Å². The lowest BCUT2D eigenvalue weighted by Gasteiger charge is -2.31. The van der Waals surface area contributed by atoms with Crippen LogP contribution in [0.5, 0.6) is 5.75 Å². The Kier molecular flexibility index (Phi) is 8.97. The Morgan fingerprint density at radius 3 is 1.90 bits per heavy atom. The zero-order valence-corrected chi connectivity index (χ0v) is 23.9. The van der Waals surface area contributed by atoms with E-state index in [2.05, 4.69) is 103 Å². The predicted octanol–water partition coefficient (Wildman–Crippen LogP) is 6.53. The van der Waals surface area contributed by atoms with Gasteiger partial charge in [-0.2, -0.15) is 0 Å². The van der Waals surface area contributed by atoms with Crippen LogP contribution in [0, 0.1) is 0 Å². The molecule has 0 fully saturated rings. The Morgan fingerprint density at radius 2 is 1.45 bits per heavy atom. The number of rotatable bonds is 10. The number of hydrogen-bond acceptors (Lipinski definition) is 4. The van der Waals surface area contributed by atoms with E-state index in [9.17, 15) is 0 Å². The Hall–Kier alpha value is -0.449. The van der Waals surface area contributed by atoms with Gasteiger partial charge in [-0.05, 0) is 97.4 Å². The first-order chi connectivity index (χ1) is 12.8. The van der Waals surface area contributed by atoms with Gasteiger partial charge >= 0.3 is 0 Å². The van der Waals surface area contributed by atoms with Gasteiger partial charge in [-0.15, -0.1) is 0 Å². The van der Waals surface area contributed by atoms with Crippen LogP contribution >= 0.6 is 0 Å². The van der Waals surface area contributed by atoms with Crippen molar-refractivity contribution in [1.29, 1.82) is 0 Å². The molecule has 0 saturated heterocycles. The molecule has 0 bridgehead atoms. The molecule has 1 aromatic carbocycles. The molecule has 1 atom stereocenters. The monoisotopic (exact) mass is 455 g/mol. The Labute approximate surface area is 183 Å². The van der Waals surface area contributed by atoms with Gasteiger partial charge in [0.15, 0.2) is 16.6 Å². The molecule has 1 unspecified atom stereocenters. The minimum atomic E-state index is -1.71. The van der Waals surface area contributed by atoms with E-state index in [1.807, 2.05) is 0 Å². The molecule has 29 heavy (non-hydrogen) atoms. The first kappa shape index (κ1) is 26.6. The summed E-state index contributed by atoms with van der Waals surface area (Å²) in [5, 5.41) is 3.62. The fourth-order valence-electron chi connectivity index (χ4n) is 2.69. The zero-order chi connectivity index (χ0) is 22.7. The van der Waals surface area contributed by atoms with Crippen molar-refractivity contribution in [2.24, 2.45) is 0 Å². The summed E-state index contributed by atoms with van der Waals surface area (Å²) < 4.78 is 19.2. The van der Waals surface area contributed by atoms with Crippen LogP contribution in [-0.2, 0) is 15.5 Å². The standard InChI is InChI=1S/C22H45NO3Si3/c1-22(2,3)23-16-21(26-29(10,11)12)18-13-14-20(25-28(7,8)9)19(15-18)17-24-27(4,5)6/h13-15,21,23H,16-17H2,1-12H3. The van der Waals surface area contributed by atoms with E-state index in [4.69, 9.17) is 13.3 Å². The molecular weight excluding hydrogens is 411 g/mol. The maximum atomic E-state index is 6.57. The first-order valence-electron chi connectivity index (χ1n) is 10.7. The maximum absolute atomic E-state index is 6.57. The summed E-state index contributed by atoms with van der Waals surface area (Å²) in [6, 6.07) is 6.53. The zero-order valence-electron chi connectivity index (χ0n) is 20.9. The quantitative estimate of drug-likeness (QED) is 0.407. The van der Waals surface area contributed by atoms with Crippen molar-refractivity contribution >= 4 is 25.0 Å². The number of hydrogen-bond donors (Lipinski definition) is 1. The SMILES string of the molecule is CC(C)(C)NCC(O[Si](C)(C)C)c1ccc(O[Si](C)(C)C)c(CO[Si](C)(C)C)c1. The van der Waals surface area contributed by atoms with Crippen molar-refractivity contribution in [3.63, 3.8) is 0 Å². The molecule has 0 aliphatic heterocycles. The fraction of sp³-hybridized carbons (Fsp3) is 0.727. The minimum Gasteiger partial charge on any atom is -0.544 e. The second-order valence-corrected chi connectivity index (χ2v) is 25.2. The average molecular weight is 456 g/mol. The third-order valence-corrected chi connectivity index (χ3v) is 6.68.